The Labute approximate surface area is 230 Å². The molecule has 0 atom stereocenters. The number of aromatic nitrogens is 1. The van der Waals surface area contributed by atoms with Gasteiger partial charge in [-0.05, 0) is 68.2 Å². The average molecular weight is 559 g/mol. The van der Waals surface area contributed by atoms with E-state index in [0.717, 1.165) is 41.4 Å². The van der Waals surface area contributed by atoms with Crippen LogP contribution >= 0.6 is 11.3 Å². The minimum Gasteiger partial charge on any atom is -0.497 e. The Morgan fingerprint density at radius 3 is 2.34 bits per heavy atom. The molecule has 1 aromatic heterocycles. The van der Waals surface area contributed by atoms with Gasteiger partial charge in [0.25, 0.3) is 0 Å². The molecule has 1 fully saturated rings. The molecule has 206 valence electrons. The Morgan fingerprint density at radius 2 is 1.74 bits per heavy atom. The van der Waals surface area contributed by atoms with Gasteiger partial charge in [-0.1, -0.05) is 44.2 Å². The highest BCUT2D eigenvalue weighted by atomic mass is 32.2. The number of nitrogens with zero attached hydrogens (tertiary/aromatic N) is 4. The quantitative estimate of drug-likeness (QED) is 0.341. The fourth-order valence-corrected chi connectivity index (χ4v) is 7.45. The number of methoxy groups -OCH3 is 1. The van der Waals surface area contributed by atoms with Crippen molar-refractivity contribution in [1.29, 1.82) is 0 Å². The fraction of sp³-hybridized carbons (Fsp3) is 0.500. The van der Waals surface area contributed by atoms with E-state index in [1.54, 1.807) is 42.7 Å². The Balaban J connectivity index is 1.52. The molecule has 38 heavy (non-hydrogen) atoms. The minimum absolute atomic E-state index is 0.0377. The number of piperidine rings is 1. The average Bonchev–Trinajstić information content (AvgIpc) is 3.39. The molecule has 0 spiro atoms. The third kappa shape index (κ3) is 6.03. The molecule has 3 aromatic rings. The summed E-state index contributed by atoms with van der Waals surface area (Å²) in [5, 5.41) is 0.728. The first-order valence-corrected chi connectivity index (χ1v) is 15.6. The maximum absolute atomic E-state index is 13.9. The second-order valence-electron chi connectivity index (χ2n) is 9.48. The van der Waals surface area contributed by atoms with E-state index in [0.29, 0.717) is 38.2 Å². The van der Waals surface area contributed by atoms with Crippen LogP contribution in [0.4, 0.5) is 5.13 Å². The summed E-state index contributed by atoms with van der Waals surface area (Å²) in [6.07, 6.45) is 1.86. The van der Waals surface area contributed by atoms with Gasteiger partial charge in [-0.15, -0.1) is 0 Å². The zero-order chi connectivity index (χ0) is 27.3. The summed E-state index contributed by atoms with van der Waals surface area (Å²) in [7, 11) is -2.08. The number of amides is 1. The first-order chi connectivity index (χ1) is 18.3. The van der Waals surface area contributed by atoms with E-state index < -0.39 is 10.0 Å². The van der Waals surface area contributed by atoms with Crippen molar-refractivity contribution >= 4 is 42.6 Å². The van der Waals surface area contributed by atoms with Crippen LogP contribution in [0.1, 0.15) is 39.2 Å². The molecule has 1 aliphatic rings. The number of likely N-dealkylation sites (N-methyl/N-ethyl adjacent to an activating group) is 1. The summed E-state index contributed by atoms with van der Waals surface area (Å²) in [6, 6.07) is 12.6. The molecular formula is C28H38N4O4S2. The zero-order valence-corrected chi connectivity index (χ0v) is 24.4. The number of thiazole rings is 1. The molecule has 0 radical (unpaired) electrons. The molecule has 1 amide bonds. The number of anilines is 1. The van der Waals surface area contributed by atoms with Crippen LogP contribution in [0, 0.1) is 5.92 Å². The second kappa shape index (κ2) is 12.5. The summed E-state index contributed by atoms with van der Waals surface area (Å²) < 4.78 is 34.1. The predicted molar refractivity (Wildman–Crippen MR) is 154 cm³/mol. The number of rotatable bonds is 11. The normalized spacial score (nSPS) is 15.3. The van der Waals surface area contributed by atoms with Crippen LogP contribution in [0.15, 0.2) is 47.4 Å². The van der Waals surface area contributed by atoms with Crippen molar-refractivity contribution in [1.82, 2.24) is 14.2 Å². The lowest BCUT2D eigenvalue weighted by Crippen LogP contribution is -2.46. The Hall–Kier alpha value is -2.53. The monoisotopic (exact) mass is 558 g/mol. The van der Waals surface area contributed by atoms with E-state index >= 15 is 0 Å². The SMILES string of the molecule is CCc1cccc2sc(N(CCN(CC)CC)C(=O)C3CCN(S(=O)(=O)c4ccc(OC)cc4)CC3)nc12. The fourth-order valence-electron chi connectivity index (χ4n) is 4.94. The summed E-state index contributed by atoms with van der Waals surface area (Å²) in [5.41, 5.74) is 2.15. The minimum atomic E-state index is -3.63. The maximum atomic E-state index is 13.9. The first-order valence-electron chi connectivity index (χ1n) is 13.4. The van der Waals surface area contributed by atoms with Crippen LogP contribution in [0.3, 0.4) is 0 Å². The third-order valence-electron chi connectivity index (χ3n) is 7.40. The lowest BCUT2D eigenvalue weighted by Gasteiger charge is -2.33. The number of aryl methyl sites for hydroxylation is 1. The number of ether oxygens (including phenoxy) is 1. The van der Waals surface area contributed by atoms with Crippen molar-refractivity contribution in [3.63, 3.8) is 0 Å². The van der Waals surface area contributed by atoms with Crippen LogP contribution < -0.4 is 9.64 Å². The molecule has 1 aliphatic heterocycles. The molecule has 8 nitrogen and oxygen atoms in total. The smallest absolute Gasteiger partial charge is 0.243 e. The number of hydrogen-bond donors (Lipinski definition) is 0. The highest BCUT2D eigenvalue weighted by molar-refractivity contribution is 7.89. The summed E-state index contributed by atoms with van der Waals surface area (Å²) in [4.78, 5) is 23.2. The predicted octanol–water partition coefficient (Wildman–Crippen LogP) is 4.64. The van der Waals surface area contributed by atoms with Crippen molar-refractivity contribution in [2.24, 2.45) is 5.92 Å². The van der Waals surface area contributed by atoms with E-state index in [4.69, 9.17) is 9.72 Å². The molecule has 0 saturated carbocycles. The molecule has 2 aromatic carbocycles. The van der Waals surface area contributed by atoms with Gasteiger partial charge in [0.1, 0.15) is 5.75 Å². The second-order valence-corrected chi connectivity index (χ2v) is 12.4. The van der Waals surface area contributed by atoms with Crippen molar-refractivity contribution < 1.29 is 17.9 Å². The number of fused-ring (bicyclic) bond motifs is 1. The van der Waals surface area contributed by atoms with E-state index in [2.05, 4.69) is 37.8 Å². The van der Waals surface area contributed by atoms with Gasteiger partial charge >= 0.3 is 0 Å². The first kappa shape index (κ1) is 28.5. The van der Waals surface area contributed by atoms with Crippen LogP contribution in [-0.4, -0.2) is 74.9 Å². The number of benzene rings is 2. The van der Waals surface area contributed by atoms with Crippen molar-refractivity contribution in [2.75, 3.05) is 51.3 Å². The van der Waals surface area contributed by atoms with Crippen molar-refractivity contribution in [3.8, 4) is 5.75 Å². The number of para-hydroxylation sites is 1. The van der Waals surface area contributed by atoms with Crippen LogP contribution in [0.2, 0.25) is 0 Å². The standard InChI is InChI=1S/C28H38N4O4S2/c1-5-21-9-8-10-25-26(21)29-28(37-25)32(20-19-30(6-2)7-3)27(33)22-15-17-31(18-16-22)38(34,35)24-13-11-23(36-4)12-14-24/h8-14,22H,5-7,15-20H2,1-4H3. The molecule has 10 heteroatoms. The lowest BCUT2D eigenvalue weighted by atomic mass is 9.96. The number of hydrogen-bond acceptors (Lipinski definition) is 7. The van der Waals surface area contributed by atoms with Gasteiger partial charge in [0, 0.05) is 32.1 Å². The molecular weight excluding hydrogens is 520 g/mol. The molecule has 0 bridgehead atoms. The topological polar surface area (TPSA) is 83.0 Å². The number of carbonyl (C=O) groups is 1. The van der Waals surface area contributed by atoms with Crippen molar-refractivity contribution in [3.05, 3.63) is 48.0 Å². The molecule has 0 unspecified atom stereocenters. The van der Waals surface area contributed by atoms with Gasteiger partial charge in [0.05, 0.1) is 22.2 Å². The van der Waals surface area contributed by atoms with Crippen molar-refractivity contribution in [2.45, 2.75) is 44.9 Å². The molecule has 0 aliphatic carbocycles. The van der Waals surface area contributed by atoms with Gasteiger partial charge in [0.15, 0.2) is 5.13 Å². The molecule has 2 heterocycles. The molecule has 0 N–H and O–H groups in total. The van der Waals surface area contributed by atoms with Crippen LogP contribution in [0.25, 0.3) is 10.2 Å². The van der Waals surface area contributed by atoms with Crippen LogP contribution in [-0.2, 0) is 21.2 Å². The highest BCUT2D eigenvalue weighted by Crippen LogP contribution is 2.33. The molecule has 1 saturated heterocycles. The summed E-state index contributed by atoms with van der Waals surface area (Å²) in [6.45, 7) is 10.2. The van der Waals surface area contributed by atoms with Gasteiger partial charge in [-0.25, -0.2) is 13.4 Å². The van der Waals surface area contributed by atoms with E-state index in [1.165, 1.54) is 9.87 Å². The maximum Gasteiger partial charge on any atom is 0.243 e. The van der Waals surface area contributed by atoms with Crippen LogP contribution in [0.5, 0.6) is 5.75 Å². The summed E-state index contributed by atoms with van der Waals surface area (Å²) >= 11 is 1.56. The van der Waals surface area contributed by atoms with E-state index in [9.17, 15) is 13.2 Å². The summed E-state index contributed by atoms with van der Waals surface area (Å²) in [5.74, 6) is 0.404. The number of carbonyl (C=O) groups excluding carboxylic acids is 1. The largest absolute Gasteiger partial charge is 0.497 e. The van der Waals surface area contributed by atoms with E-state index in [1.807, 2.05) is 11.0 Å². The van der Waals surface area contributed by atoms with Gasteiger partial charge in [-0.3, -0.25) is 9.69 Å². The Kier molecular flexibility index (Phi) is 9.40. The third-order valence-corrected chi connectivity index (χ3v) is 10.4. The van der Waals surface area contributed by atoms with Gasteiger partial charge in [0.2, 0.25) is 15.9 Å². The highest BCUT2D eigenvalue weighted by Gasteiger charge is 2.35. The number of sulfonamides is 1. The van der Waals surface area contributed by atoms with Gasteiger partial charge < -0.3 is 9.64 Å². The lowest BCUT2D eigenvalue weighted by molar-refractivity contribution is -0.123. The van der Waals surface area contributed by atoms with Gasteiger partial charge in [-0.2, -0.15) is 4.31 Å². The Bertz CT molecular complexity index is 1330. The zero-order valence-electron chi connectivity index (χ0n) is 22.7. The Morgan fingerprint density at radius 1 is 1.05 bits per heavy atom. The molecule has 4 rings (SSSR count). The van der Waals surface area contributed by atoms with E-state index in [-0.39, 0.29) is 16.7 Å².